The second-order valence-corrected chi connectivity index (χ2v) is 6.37. The van der Waals surface area contributed by atoms with Crippen LogP contribution in [-0.4, -0.2) is 40.1 Å². The van der Waals surface area contributed by atoms with Crippen molar-refractivity contribution in [1.82, 2.24) is 14.9 Å². The first-order chi connectivity index (χ1) is 9.86. The number of hydrogen-bond donors (Lipinski definition) is 0. The van der Waals surface area contributed by atoms with E-state index in [1.165, 1.54) is 0 Å². The summed E-state index contributed by atoms with van der Waals surface area (Å²) in [6, 6.07) is 1.00. The molecule has 0 atom stereocenters. The molecule has 1 aromatic rings. The van der Waals surface area contributed by atoms with Gasteiger partial charge in [0.1, 0.15) is 18.1 Å². The van der Waals surface area contributed by atoms with Crippen molar-refractivity contribution in [3.8, 4) is 5.75 Å². The molecule has 0 fully saturated rings. The second kappa shape index (κ2) is 8.54. The van der Waals surface area contributed by atoms with E-state index in [4.69, 9.17) is 16.3 Å². The van der Waals surface area contributed by atoms with Crippen LogP contribution in [0, 0.1) is 0 Å². The van der Waals surface area contributed by atoms with Gasteiger partial charge in [-0.25, -0.2) is 9.97 Å². The van der Waals surface area contributed by atoms with Crippen LogP contribution in [0.1, 0.15) is 59.0 Å². The molecule has 0 saturated heterocycles. The van der Waals surface area contributed by atoms with E-state index in [1.54, 1.807) is 6.20 Å². The van der Waals surface area contributed by atoms with Crippen LogP contribution in [-0.2, 0) is 5.88 Å². The summed E-state index contributed by atoms with van der Waals surface area (Å²) in [6.07, 6.45) is 1.75. The molecule has 0 spiro atoms. The van der Waals surface area contributed by atoms with E-state index in [1.807, 2.05) is 0 Å². The summed E-state index contributed by atoms with van der Waals surface area (Å²) in [7, 11) is 0. The minimum absolute atomic E-state index is 0.290. The first kappa shape index (κ1) is 18.2. The van der Waals surface area contributed by atoms with Crippen molar-refractivity contribution in [2.75, 3.05) is 13.2 Å². The SMILES string of the molecule is CC(C)c1ncc(OCCN(C(C)C)C(C)C)c(CCl)n1. The fraction of sp³-hybridized carbons (Fsp3) is 0.750. The fourth-order valence-electron chi connectivity index (χ4n) is 2.29. The molecule has 1 rings (SSSR count). The van der Waals surface area contributed by atoms with E-state index < -0.39 is 0 Å². The van der Waals surface area contributed by atoms with Gasteiger partial charge >= 0.3 is 0 Å². The monoisotopic (exact) mass is 313 g/mol. The zero-order valence-electron chi connectivity index (χ0n) is 14.1. The first-order valence-electron chi connectivity index (χ1n) is 7.67. The Balaban J connectivity index is 2.67. The lowest BCUT2D eigenvalue weighted by molar-refractivity contribution is 0.141. The van der Waals surface area contributed by atoms with Crippen LogP contribution in [0.4, 0.5) is 0 Å². The number of halogens is 1. The molecular weight excluding hydrogens is 286 g/mol. The Kier molecular flexibility index (Phi) is 7.40. The predicted molar refractivity (Wildman–Crippen MR) is 88.2 cm³/mol. The summed E-state index contributed by atoms with van der Waals surface area (Å²) in [5, 5.41) is 0. The maximum atomic E-state index is 5.97. The lowest BCUT2D eigenvalue weighted by Crippen LogP contribution is -2.39. The third-order valence-electron chi connectivity index (χ3n) is 3.42. The third kappa shape index (κ3) is 5.44. The molecule has 1 aromatic heterocycles. The third-order valence-corrected chi connectivity index (χ3v) is 3.68. The molecule has 0 aromatic carbocycles. The molecule has 0 aliphatic rings. The molecule has 0 amide bonds. The van der Waals surface area contributed by atoms with Crippen molar-refractivity contribution in [2.24, 2.45) is 0 Å². The van der Waals surface area contributed by atoms with Gasteiger partial charge in [-0.05, 0) is 27.7 Å². The van der Waals surface area contributed by atoms with Gasteiger partial charge in [0.25, 0.3) is 0 Å². The number of rotatable bonds is 8. The molecule has 1 heterocycles. The highest BCUT2D eigenvalue weighted by Crippen LogP contribution is 2.20. The van der Waals surface area contributed by atoms with Crippen LogP contribution in [0.2, 0.25) is 0 Å². The normalized spacial score (nSPS) is 12.0. The van der Waals surface area contributed by atoms with Crippen molar-refractivity contribution >= 4 is 11.6 Å². The van der Waals surface area contributed by atoms with Crippen molar-refractivity contribution in [2.45, 2.75) is 65.4 Å². The largest absolute Gasteiger partial charge is 0.489 e. The summed E-state index contributed by atoms with van der Waals surface area (Å²) in [5.41, 5.74) is 0.774. The van der Waals surface area contributed by atoms with Gasteiger partial charge in [0.2, 0.25) is 0 Å². The van der Waals surface area contributed by atoms with E-state index in [9.17, 15) is 0 Å². The number of alkyl halides is 1. The van der Waals surface area contributed by atoms with E-state index in [0.29, 0.717) is 36.2 Å². The molecule has 120 valence electrons. The lowest BCUT2D eigenvalue weighted by atomic mass is 10.2. The van der Waals surface area contributed by atoms with E-state index in [-0.39, 0.29) is 0 Å². The van der Waals surface area contributed by atoms with Gasteiger partial charge in [0, 0.05) is 24.5 Å². The molecule has 0 aliphatic carbocycles. The Bertz CT molecular complexity index is 428. The van der Waals surface area contributed by atoms with Crippen LogP contribution in [0.3, 0.4) is 0 Å². The average molecular weight is 314 g/mol. The maximum absolute atomic E-state index is 5.97. The van der Waals surface area contributed by atoms with Gasteiger partial charge in [0.05, 0.1) is 12.1 Å². The Labute approximate surface area is 133 Å². The first-order valence-corrected chi connectivity index (χ1v) is 8.20. The molecular formula is C16H28ClN3O. The minimum Gasteiger partial charge on any atom is -0.489 e. The van der Waals surface area contributed by atoms with Gasteiger partial charge in [-0.1, -0.05) is 13.8 Å². The smallest absolute Gasteiger partial charge is 0.160 e. The minimum atomic E-state index is 0.290. The van der Waals surface area contributed by atoms with Crippen LogP contribution in [0.15, 0.2) is 6.20 Å². The predicted octanol–water partition coefficient (Wildman–Crippen LogP) is 3.84. The Morgan fingerprint density at radius 3 is 2.24 bits per heavy atom. The summed E-state index contributed by atoms with van der Waals surface area (Å²) >= 11 is 5.97. The van der Waals surface area contributed by atoms with Gasteiger partial charge in [-0.3, -0.25) is 4.90 Å². The molecule has 0 radical (unpaired) electrons. The fourth-order valence-corrected chi connectivity index (χ4v) is 2.48. The number of hydrogen-bond acceptors (Lipinski definition) is 4. The van der Waals surface area contributed by atoms with E-state index in [2.05, 4.69) is 56.4 Å². The molecule has 0 N–H and O–H groups in total. The standard InChI is InChI=1S/C16H28ClN3O/c1-11(2)16-18-10-15(14(9-17)19-16)21-8-7-20(12(3)4)13(5)6/h10-13H,7-9H2,1-6H3. The van der Waals surface area contributed by atoms with E-state index >= 15 is 0 Å². The molecule has 4 nitrogen and oxygen atoms in total. The molecule has 0 aliphatic heterocycles. The van der Waals surface area contributed by atoms with Crippen LogP contribution < -0.4 is 4.74 Å². The number of ether oxygens (including phenoxy) is 1. The summed E-state index contributed by atoms with van der Waals surface area (Å²) < 4.78 is 5.84. The molecule has 5 heteroatoms. The highest BCUT2D eigenvalue weighted by atomic mass is 35.5. The summed E-state index contributed by atoms with van der Waals surface area (Å²) in [6.45, 7) is 14.4. The van der Waals surface area contributed by atoms with Crippen LogP contribution in [0.5, 0.6) is 5.75 Å². The second-order valence-electron chi connectivity index (χ2n) is 6.10. The van der Waals surface area contributed by atoms with Crippen molar-refractivity contribution in [1.29, 1.82) is 0 Å². The number of aromatic nitrogens is 2. The van der Waals surface area contributed by atoms with Crippen molar-refractivity contribution in [3.05, 3.63) is 17.7 Å². The zero-order chi connectivity index (χ0) is 16.0. The topological polar surface area (TPSA) is 38.2 Å². The van der Waals surface area contributed by atoms with Crippen molar-refractivity contribution < 1.29 is 4.74 Å². The average Bonchev–Trinajstić information content (AvgIpc) is 2.42. The van der Waals surface area contributed by atoms with Crippen molar-refractivity contribution in [3.63, 3.8) is 0 Å². The quantitative estimate of drug-likeness (QED) is 0.684. The van der Waals surface area contributed by atoms with Crippen LogP contribution >= 0.6 is 11.6 Å². The Morgan fingerprint density at radius 1 is 1.14 bits per heavy atom. The zero-order valence-corrected chi connectivity index (χ0v) is 14.8. The van der Waals surface area contributed by atoms with Gasteiger partial charge in [-0.2, -0.15) is 0 Å². The van der Waals surface area contributed by atoms with Gasteiger partial charge in [-0.15, -0.1) is 11.6 Å². The van der Waals surface area contributed by atoms with Crippen LogP contribution in [0.25, 0.3) is 0 Å². The molecule has 0 unspecified atom stereocenters. The molecule has 21 heavy (non-hydrogen) atoms. The summed E-state index contributed by atoms with van der Waals surface area (Å²) in [4.78, 5) is 11.2. The molecule has 0 bridgehead atoms. The lowest BCUT2D eigenvalue weighted by Gasteiger charge is -2.30. The molecule has 0 saturated carbocycles. The highest BCUT2D eigenvalue weighted by molar-refractivity contribution is 6.17. The van der Waals surface area contributed by atoms with Gasteiger partial charge < -0.3 is 4.74 Å². The highest BCUT2D eigenvalue weighted by Gasteiger charge is 2.14. The Hall–Kier alpha value is -0.870. The maximum Gasteiger partial charge on any atom is 0.160 e. The Morgan fingerprint density at radius 2 is 1.76 bits per heavy atom. The van der Waals surface area contributed by atoms with E-state index in [0.717, 1.165) is 18.1 Å². The van der Waals surface area contributed by atoms with Gasteiger partial charge in [0.15, 0.2) is 5.75 Å². The summed E-state index contributed by atoms with van der Waals surface area (Å²) in [5.74, 6) is 2.14. The number of nitrogens with zero attached hydrogens (tertiary/aromatic N) is 3.